The highest BCUT2D eigenvalue weighted by molar-refractivity contribution is 5.99. The maximum Gasteiger partial charge on any atom is 0.264 e. The van der Waals surface area contributed by atoms with E-state index in [1.165, 1.54) is 6.33 Å². The maximum absolute atomic E-state index is 13.3. The summed E-state index contributed by atoms with van der Waals surface area (Å²) < 4.78 is 7.73. The number of anilines is 1. The summed E-state index contributed by atoms with van der Waals surface area (Å²) in [6.45, 7) is 6.95. The van der Waals surface area contributed by atoms with Gasteiger partial charge in [0.05, 0.1) is 18.0 Å². The number of amides is 1. The molecule has 0 aliphatic carbocycles. The van der Waals surface area contributed by atoms with Crippen LogP contribution in [0.3, 0.4) is 0 Å². The third kappa shape index (κ3) is 5.60. The van der Waals surface area contributed by atoms with Crippen LogP contribution in [-0.4, -0.2) is 43.1 Å². The number of aromatic nitrogens is 4. The molecule has 2 aromatic heterocycles. The fourth-order valence-electron chi connectivity index (χ4n) is 4.89. The van der Waals surface area contributed by atoms with Gasteiger partial charge in [0.25, 0.3) is 5.91 Å². The smallest absolute Gasteiger partial charge is 0.264 e. The molecule has 5 rings (SSSR count). The molecule has 1 fully saturated rings. The van der Waals surface area contributed by atoms with E-state index in [9.17, 15) is 10.1 Å². The number of nitrogens with zero attached hydrogens (tertiary/aromatic N) is 6. The number of ether oxygens (including phenoxy) is 1. The Morgan fingerprint density at radius 3 is 2.54 bits per heavy atom. The minimum atomic E-state index is -0.279. The lowest BCUT2D eigenvalue weighted by atomic mass is 9.93. The molecule has 0 unspecified atom stereocenters. The Balaban J connectivity index is 1.44. The Morgan fingerprint density at radius 1 is 1.13 bits per heavy atom. The number of carbonyl (C=O) groups is 1. The summed E-state index contributed by atoms with van der Waals surface area (Å²) >= 11 is 0. The van der Waals surface area contributed by atoms with Gasteiger partial charge in [-0.1, -0.05) is 45.0 Å². The molecule has 2 N–H and O–H groups in total. The summed E-state index contributed by atoms with van der Waals surface area (Å²) in [4.78, 5) is 23.8. The van der Waals surface area contributed by atoms with Gasteiger partial charge >= 0.3 is 0 Å². The van der Waals surface area contributed by atoms with Crippen molar-refractivity contribution in [1.82, 2.24) is 24.6 Å². The first-order valence-electron chi connectivity index (χ1n) is 13.0. The average Bonchev–Trinajstić information content (AvgIpc) is 3.53. The zero-order valence-electron chi connectivity index (χ0n) is 22.3. The number of nitrogens with two attached hydrogens (primary N) is 1. The van der Waals surface area contributed by atoms with Crippen molar-refractivity contribution in [3.05, 3.63) is 72.6 Å². The standard InChI is InChI=1S/C30H31N7O2/c1-30(2,3)16-21(17-31)29(38)36-15-7-8-22(36)18-37-28-25(27(32)33-19-34-28)26(35-37)20-11-13-24(14-12-20)39-23-9-5-4-6-10-23/h4-6,9-14,16,19,22H,7-8,15,18H2,1-3H3,(H2,32,33,34)/t22-/m0/s1. The predicted octanol–water partition coefficient (Wildman–Crippen LogP) is 5.35. The van der Waals surface area contributed by atoms with Crippen LogP contribution >= 0.6 is 0 Å². The molecule has 9 heteroatoms. The topological polar surface area (TPSA) is 123 Å². The highest BCUT2D eigenvalue weighted by Gasteiger charge is 2.32. The van der Waals surface area contributed by atoms with Crippen LogP contribution in [0.4, 0.5) is 5.82 Å². The maximum atomic E-state index is 13.3. The van der Waals surface area contributed by atoms with E-state index < -0.39 is 0 Å². The monoisotopic (exact) mass is 521 g/mol. The summed E-state index contributed by atoms with van der Waals surface area (Å²) in [5.74, 6) is 1.56. The SMILES string of the molecule is CC(C)(C)C=C(C#N)C(=O)N1CCC[C@H]1Cn1nc(-c2ccc(Oc3ccccc3)cc2)c2c(N)ncnc21. The lowest BCUT2D eigenvalue weighted by Gasteiger charge is -2.25. The Labute approximate surface area is 227 Å². The second kappa shape index (κ2) is 10.6. The zero-order valence-corrected chi connectivity index (χ0v) is 22.3. The fourth-order valence-corrected chi connectivity index (χ4v) is 4.89. The Kier molecular flexibility index (Phi) is 7.03. The summed E-state index contributed by atoms with van der Waals surface area (Å²) in [7, 11) is 0. The third-order valence-corrected chi connectivity index (χ3v) is 6.62. The van der Waals surface area contributed by atoms with E-state index in [2.05, 4.69) is 16.0 Å². The van der Waals surface area contributed by atoms with Crippen molar-refractivity contribution < 1.29 is 9.53 Å². The number of hydrogen-bond donors (Lipinski definition) is 1. The molecule has 1 saturated heterocycles. The van der Waals surface area contributed by atoms with Crippen LogP contribution in [0.5, 0.6) is 11.5 Å². The molecule has 2 aromatic carbocycles. The van der Waals surface area contributed by atoms with Gasteiger partial charge in [-0.2, -0.15) is 10.4 Å². The van der Waals surface area contributed by atoms with Crippen LogP contribution in [0.15, 0.2) is 72.6 Å². The van der Waals surface area contributed by atoms with Crippen molar-refractivity contribution in [2.45, 2.75) is 46.2 Å². The Morgan fingerprint density at radius 2 is 1.85 bits per heavy atom. The molecule has 4 aromatic rings. The first kappa shape index (κ1) is 25.9. The lowest BCUT2D eigenvalue weighted by molar-refractivity contribution is -0.127. The number of hydrogen-bond acceptors (Lipinski definition) is 7. The number of likely N-dealkylation sites (tertiary alicyclic amines) is 1. The van der Waals surface area contributed by atoms with Gasteiger partial charge in [0.1, 0.15) is 41.0 Å². The molecule has 198 valence electrons. The van der Waals surface area contributed by atoms with E-state index in [4.69, 9.17) is 15.6 Å². The van der Waals surface area contributed by atoms with E-state index in [1.54, 1.807) is 15.7 Å². The summed E-state index contributed by atoms with van der Waals surface area (Å²) in [5.41, 5.74) is 8.31. The number of para-hydroxylation sites is 1. The number of rotatable bonds is 6. The summed E-state index contributed by atoms with van der Waals surface area (Å²) in [6, 6.07) is 19.2. The van der Waals surface area contributed by atoms with Crippen LogP contribution in [0, 0.1) is 16.7 Å². The number of benzene rings is 2. The van der Waals surface area contributed by atoms with E-state index in [-0.39, 0.29) is 22.9 Å². The third-order valence-electron chi connectivity index (χ3n) is 6.62. The predicted molar refractivity (Wildman–Crippen MR) is 150 cm³/mol. The first-order valence-corrected chi connectivity index (χ1v) is 13.0. The minimum absolute atomic E-state index is 0.122. The number of nitriles is 1. The van der Waals surface area contributed by atoms with Crippen LogP contribution < -0.4 is 10.5 Å². The molecular weight excluding hydrogens is 490 g/mol. The summed E-state index contributed by atoms with van der Waals surface area (Å²) in [6.07, 6.45) is 4.83. The molecule has 1 aliphatic heterocycles. The van der Waals surface area contributed by atoms with E-state index >= 15 is 0 Å². The molecule has 0 bridgehead atoms. The van der Waals surface area contributed by atoms with Crippen LogP contribution in [-0.2, 0) is 11.3 Å². The van der Waals surface area contributed by atoms with Crippen molar-refractivity contribution in [3.8, 4) is 28.8 Å². The van der Waals surface area contributed by atoms with Crippen molar-refractivity contribution in [3.63, 3.8) is 0 Å². The normalized spacial score (nSPS) is 15.9. The van der Waals surface area contributed by atoms with Crippen molar-refractivity contribution >= 4 is 22.8 Å². The highest BCUT2D eigenvalue weighted by atomic mass is 16.5. The second-order valence-corrected chi connectivity index (χ2v) is 10.8. The lowest BCUT2D eigenvalue weighted by Crippen LogP contribution is -2.39. The van der Waals surface area contributed by atoms with Crippen LogP contribution in [0.1, 0.15) is 33.6 Å². The van der Waals surface area contributed by atoms with E-state index in [1.807, 2.05) is 75.4 Å². The zero-order chi connectivity index (χ0) is 27.6. The number of allylic oxidation sites excluding steroid dienone is 1. The highest BCUT2D eigenvalue weighted by Crippen LogP contribution is 2.33. The molecule has 1 amide bonds. The minimum Gasteiger partial charge on any atom is -0.457 e. The van der Waals surface area contributed by atoms with Crippen molar-refractivity contribution in [2.75, 3.05) is 12.3 Å². The van der Waals surface area contributed by atoms with Gasteiger partial charge in [0.15, 0.2) is 5.65 Å². The van der Waals surface area contributed by atoms with Gasteiger partial charge in [0.2, 0.25) is 0 Å². The number of nitrogen functional groups attached to an aromatic ring is 1. The molecule has 1 atom stereocenters. The molecule has 0 radical (unpaired) electrons. The first-order chi connectivity index (χ1) is 18.7. The largest absolute Gasteiger partial charge is 0.457 e. The summed E-state index contributed by atoms with van der Waals surface area (Å²) in [5, 5.41) is 15.2. The molecular formula is C30H31N7O2. The van der Waals surface area contributed by atoms with Gasteiger partial charge in [-0.3, -0.25) is 4.79 Å². The van der Waals surface area contributed by atoms with Gasteiger partial charge in [-0.05, 0) is 54.7 Å². The van der Waals surface area contributed by atoms with E-state index in [0.29, 0.717) is 41.4 Å². The quantitative estimate of drug-likeness (QED) is 0.268. The Hall–Kier alpha value is -4.71. The molecule has 1 aliphatic rings. The molecule has 39 heavy (non-hydrogen) atoms. The number of fused-ring (bicyclic) bond motifs is 1. The second-order valence-electron chi connectivity index (χ2n) is 10.8. The van der Waals surface area contributed by atoms with Gasteiger partial charge in [-0.15, -0.1) is 0 Å². The van der Waals surface area contributed by atoms with Gasteiger partial charge < -0.3 is 15.4 Å². The van der Waals surface area contributed by atoms with Crippen LogP contribution in [0.25, 0.3) is 22.3 Å². The molecule has 3 heterocycles. The number of carbonyl (C=O) groups excluding carboxylic acids is 1. The molecule has 0 spiro atoms. The molecule has 0 saturated carbocycles. The van der Waals surface area contributed by atoms with Crippen molar-refractivity contribution in [2.24, 2.45) is 5.41 Å². The van der Waals surface area contributed by atoms with Gasteiger partial charge in [-0.25, -0.2) is 14.6 Å². The van der Waals surface area contributed by atoms with Crippen LogP contribution in [0.2, 0.25) is 0 Å². The van der Waals surface area contributed by atoms with Crippen molar-refractivity contribution in [1.29, 1.82) is 5.26 Å². The van der Waals surface area contributed by atoms with E-state index in [0.717, 1.165) is 24.2 Å². The molecule has 9 nitrogen and oxygen atoms in total. The average molecular weight is 522 g/mol. The fraction of sp³-hybridized carbons (Fsp3) is 0.300. The van der Waals surface area contributed by atoms with Gasteiger partial charge in [0, 0.05) is 12.1 Å². The Bertz CT molecular complexity index is 1560.